The van der Waals surface area contributed by atoms with Gasteiger partial charge in [-0.15, -0.1) is 0 Å². The van der Waals surface area contributed by atoms with Crippen LogP contribution in [0, 0.1) is 11.8 Å². The third-order valence-corrected chi connectivity index (χ3v) is 6.68. The van der Waals surface area contributed by atoms with E-state index in [2.05, 4.69) is 17.4 Å². The van der Waals surface area contributed by atoms with Crippen LogP contribution in [0.25, 0.3) is 0 Å². The quantitative estimate of drug-likeness (QED) is 0.796. The van der Waals surface area contributed by atoms with Crippen molar-refractivity contribution in [2.45, 2.75) is 50.0 Å². The minimum atomic E-state index is -0.129. The summed E-state index contributed by atoms with van der Waals surface area (Å²) in [7, 11) is 3.70. The normalized spacial score (nSPS) is 21.7. The number of para-hydroxylation sites is 1. The predicted molar refractivity (Wildman–Crippen MR) is 105 cm³/mol. The Hall–Kier alpha value is -1.75. The van der Waals surface area contributed by atoms with Crippen LogP contribution in [0.4, 0.5) is 4.79 Å². The second-order valence-electron chi connectivity index (χ2n) is 8.53. The van der Waals surface area contributed by atoms with Gasteiger partial charge >= 0.3 is 6.03 Å². The molecule has 0 atom stereocenters. The van der Waals surface area contributed by atoms with E-state index in [-0.39, 0.29) is 11.4 Å². The Balaban J connectivity index is 1.48. The second-order valence-corrected chi connectivity index (χ2v) is 8.53. The summed E-state index contributed by atoms with van der Waals surface area (Å²) in [6.07, 6.45) is 6.91. The Kier molecular flexibility index (Phi) is 5.31. The molecule has 0 aromatic heterocycles. The molecule has 1 saturated heterocycles. The maximum Gasteiger partial charge on any atom is 0.317 e. The highest BCUT2D eigenvalue weighted by atomic mass is 16.5. The smallest absolute Gasteiger partial charge is 0.317 e. The van der Waals surface area contributed by atoms with Crippen molar-refractivity contribution in [3.8, 4) is 5.75 Å². The lowest BCUT2D eigenvalue weighted by Crippen LogP contribution is -2.51. The van der Waals surface area contributed by atoms with Crippen LogP contribution in [0.3, 0.4) is 0 Å². The van der Waals surface area contributed by atoms with Crippen molar-refractivity contribution < 1.29 is 14.3 Å². The van der Waals surface area contributed by atoms with E-state index in [4.69, 9.17) is 9.47 Å². The first-order valence-electron chi connectivity index (χ1n) is 10.4. The molecule has 0 bridgehead atoms. The van der Waals surface area contributed by atoms with Gasteiger partial charge in [0.2, 0.25) is 0 Å². The number of carbonyl (C=O) groups excluding carboxylic acids is 1. The van der Waals surface area contributed by atoms with E-state index < -0.39 is 0 Å². The number of amides is 2. The van der Waals surface area contributed by atoms with Crippen LogP contribution >= 0.6 is 0 Å². The first-order valence-corrected chi connectivity index (χ1v) is 10.4. The molecule has 27 heavy (non-hydrogen) atoms. The number of nitrogens with zero attached hydrogens (tertiary/aromatic N) is 1. The van der Waals surface area contributed by atoms with E-state index in [1.165, 1.54) is 31.2 Å². The number of benzene rings is 1. The Morgan fingerprint density at radius 3 is 2.44 bits per heavy atom. The Bertz CT molecular complexity index is 651. The molecule has 5 heteroatoms. The number of rotatable bonds is 7. The molecule has 2 aliphatic carbocycles. The maximum atomic E-state index is 13.0. The van der Waals surface area contributed by atoms with Gasteiger partial charge in [0.25, 0.3) is 0 Å². The van der Waals surface area contributed by atoms with E-state index in [0.717, 1.165) is 43.6 Å². The van der Waals surface area contributed by atoms with E-state index >= 15 is 0 Å². The Morgan fingerprint density at radius 2 is 1.85 bits per heavy atom. The van der Waals surface area contributed by atoms with E-state index in [1.54, 1.807) is 7.11 Å². The number of hydrogen-bond donors (Lipinski definition) is 1. The maximum absolute atomic E-state index is 13.0. The number of nitrogens with one attached hydrogen (secondary N) is 1. The number of hydrogen-bond acceptors (Lipinski definition) is 3. The molecule has 1 aromatic rings. The first-order chi connectivity index (χ1) is 13.1. The largest absolute Gasteiger partial charge is 0.496 e. The molecule has 2 saturated carbocycles. The fraction of sp³-hybridized carbons (Fsp3) is 0.682. The zero-order chi connectivity index (χ0) is 18.9. The predicted octanol–water partition coefficient (Wildman–Crippen LogP) is 3.57. The lowest BCUT2D eigenvalue weighted by molar-refractivity contribution is 0.0490. The summed E-state index contributed by atoms with van der Waals surface area (Å²) in [5.41, 5.74) is 1.05. The van der Waals surface area contributed by atoms with Crippen LogP contribution in [-0.2, 0) is 10.2 Å². The SMILES string of the molecule is COc1ccccc1C1(CNC(=O)N(C)C(C2CC2)C2CC2)CCOCC1. The zero-order valence-corrected chi connectivity index (χ0v) is 16.6. The summed E-state index contributed by atoms with van der Waals surface area (Å²) in [6, 6.07) is 8.70. The van der Waals surface area contributed by atoms with Gasteiger partial charge in [-0.05, 0) is 56.4 Å². The van der Waals surface area contributed by atoms with Gasteiger partial charge in [-0.1, -0.05) is 18.2 Å². The third-order valence-electron chi connectivity index (χ3n) is 6.68. The summed E-state index contributed by atoms with van der Waals surface area (Å²) in [6.45, 7) is 2.06. The lowest BCUT2D eigenvalue weighted by Gasteiger charge is -2.39. The average Bonchev–Trinajstić information content (AvgIpc) is 3.62. The van der Waals surface area contributed by atoms with Gasteiger partial charge in [-0.2, -0.15) is 0 Å². The summed E-state index contributed by atoms with van der Waals surface area (Å²) in [5.74, 6) is 2.34. The van der Waals surface area contributed by atoms with Crippen molar-refractivity contribution in [2.75, 3.05) is 33.9 Å². The summed E-state index contributed by atoms with van der Waals surface area (Å²) < 4.78 is 11.3. The van der Waals surface area contributed by atoms with Crippen molar-refractivity contribution >= 4 is 6.03 Å². The van der Waals surface area contributed by atoms with Crippen LogP contribution in [0.5, 0.6) is 5.75 Å². The van der Waals surface area contributed by atoms with Crippen molar-refractivity contribution in [3.05, 3.63) is 29.8 Å². The van der Waals surface area contributed by atoms with Crippen LogP contribution in [0.2, 0.25) is 0 Å². The number of urea groups is 1. The van der Waals surface area contributed by atoms with Crippen LogP contribution in [0.1, 0.15) is 44.1 Å². The highest BCUT2D eigenvalue weighted by Gasteiger charge is 2.45. The number of carbonyl (C=O) groups is 1. The van der Waals surface area contributed by atoms with E-state index in [1.807, 2.05) is 24.1 Å². The number of methoxy groups -OCH3 is 1. The highest BCUT2D eigenvalue weighted by Crippen LogP contribution is 2.47. The molecule has 1 aliphatic heterocycles. The molecule has 0 radical (unpaired) electrons. The fourth-order valence-electron chi connectivity index (χ4n) is 4.78. The minimum Gasteiger partial charge on any atom is -0.496 e. The summed E-state index contributed by atoms with van der Waals surface area (Å²) in [4.78, 5) is 15.0. The molecule has 148 valence electrons. The molecule has 3 fully saturated rings. The van der Waals surface area contributed by atoms with Gasteiger partial charge in [0.1, 0.15) is 5.75 Å². The minimum absolute atomic E-state index is 0.0690. The molecule has 0 unspecified atom stereocenters. The fourth-order valence-corrected chi connectivity index (χ4v) is 4.78. The monoisotopic (exact) mass is 372 g/mol. The molecule has 1 heterocycles. The standard InChI is InChI=1S/C22H32N2O3/c1-24(20(16-7-8-16)17-9-10-17)21(25)23-15-22(11-13-27-14-12-22)18-5-3-4-6-19(18)26-2/h3-6,16-17,20H,7-15H2,1-2H3,(H,23,25). The zero-order valence-electron chi connectivity index (χ0n) is 16.6. The molecule has 5 nitrogen and oxygen atoms in total. The van der Waals surface area contributed by atoms with Crippen molar-refractivity contribution in [1.29, 1.82) is 0 Å². The van der Waals surface area contributed by atoms with Crippen LogP contribution in [-0.4, -0.2) is 50.9 Å². The molecule has 4 rings (SSSR count). The number of ether oxygens (including phenoxy) is 2. The molecule has 2 amide bonds. The second kappa shape index (κ2) is 7.70. The topological polar surface area (TPSA) is 50.8 Å². The molecular weight excluding hydrogens is 340 g/mol. The van der Waals surface area contributed by atoms with Gasteiger partial charge in [0.15, 0.2) is 0 Å². The van der Waals surface area contributed by atoms with E-state index in [0.29, 0.717) is 12.6 Å². The average molecular weight is 373 g/mol. The van der Waals surface area contributed by atoms with Crippen LogP contribution < -0.4 is 10.1 Å². The Labute approximate surface area is 162 Å². The van der Waals surface area contributed by atoms with Gasteiger partial charge in [-0.3, -0.25) is 0 Å². The molecule has 0 spiro atoms. The van der Waals surface area contributed by atoms with Crippen molar-refractivity contribution in [3.63, 3.8) is 0 Å². The van der Waals surface area contributed by atoms with Gasteiger partial charge in [0, 0.05) is 43.8 Å². The molecule has 3 aliphatic rings. The highest BCUT2D eigenvalue weighted by molar-refractivity contribution is 5.74. The first kappa shape index (κ1) is 18.6. The third kappa shape index (κ3) is 3.93. The van der Waals surface area contributed by atoms with Gasteiger partial charge < -0.3 is 19.7 Å². The van der Waals surface area contributed by atoms with Crippen LogP contribution in [0.15, 0.2) is 24.3 Å². The Morgan fingerprint density at radius 1 is 1.22 bits per heavy atom. The van der Waals surface area contributed by atoms with Crippen molar-refractivity contribution in [1.82, 2.24) is 10.2 Å². The molecular formula is C22H32N2O3. The molecule has 1 aromatic carbocycles. The summed E-state index contributed by atoms with van der Waals surface area (Å²) >= 11 is 0. The lowest BCUT2D eigenvalue weighted by atomic mass is 9.73. The van der Waals surface area contributed by atoms with E-state index in [9.17, 15) is 4.79 Å². The van der Waals surface area contributed by atoms with Gasteiger partial charge in [0.05, 0.1) is 7.11 Å². The van der Waals surface area contributed by atoms with Crippen molar-refractivity contribution in [2.24, 2.45) is 11.8 Å². The molecule has 1 N–H and O–H groups in total. The summed E-state index contributed by atoms with van der Waals surface area (Å²) in [5, 5.41) is 3.26. The van der Waals surface area contributed by atoms with Gasteiger partial charge in [-0.25, -0.2) is 4.79 Å².